The van der Waals surface area contributed by atoms with Gasteiger partial charge in [0.25, 0.3) is 0 Å². The van der Waals surface area contributed by atoms with Crippen LogP contribution in [0.5, 0.6) is 5.75 Å². The third kappa shape index (κ3) is 3.24. The quantitative estimate of drug-likeness (QED) is 0.732. The molecule has 0 unspecified atom stereocenters. The molecule has 1 aromatic heterocycles. The summed E-state index contributed by atoms with van der Waals surface area (Å²) in [5.74, 6) is 0.730. The Morgan fingerprint density at radius 3 is 2.68 bits per heavy atom. The molecule has 0 radical (unpaired) electrons. The van der Waals surface area contributed by atoms with Gasteiger partial charge in [-0.3, -0.25) is 4.79 Å². The van der Waals surface area contributed by atoms with Gasteiger partial charge >= 0.3 is 7.12 Å². The molecule has 0 saturated heterocycles. The molecule has 0 aliphatic carbocycles. The average molecular weight is 259 g/mol. The predicted molar refractivity (Wildman–Crippen MR) is 72.6 cm³/mol. The second-order valence-electron chi connectivity index (χ2n) is 4.15. The van der Waals surface area contributed by atoms with Crippen LogP contribution in [0.3, 0.4) is 0 Å². The monoisotopic (exact) mass is 259 g/mol. The van der Waals surface area contributed by atoms with Crippen LogP contribution < -0.4 is 15.8 Å². The fourth-order valence-electron chi connectivity index (χ4n) is 1.78. The molecule has 0 saturated carbocycles. The zero-order valence-corrected chi connectivity index (χ0v) is 10.5. The fourth-order valence-corrected chi connectivity index (χ4v) is 1.78. The standard InChI is InChI=1S/C13H14BNO4/c1-19-12-4-2-3-10(7-12)9-15-6-5-11(14(17)18)8-13(15)16/h2-8,17-18H,9H2,1H3. The third-order valence-electron chi connectivity index (χ3n) is 2.81. The van der Waals surface area contributed by atoms with E-state index in [0.717, 1.165) is 11.3 Å². The first-order valence-electron chi connectivity index (χ1n) is 5.79. The van der Waals surface area contributed by atoms with E-state index in [9.17, 15) is 4.79 Å². The molecule has 0 aliphatic heterocycles. The van der Waals surface area contributed by atoms with Crippen molar-refractivity contribution in [3.63, 3.8) is 0 Å². The van der Waals surface area contributed by atoms with E-state index in [1.54, 1.807) is 7.11 Å². The van der Waals surface area contributed by atoms with E-state index in [4.69, 9.17) is 14.8 Å². The molecule has 2 rings (SSSR count). The number of pyridine rings is 1. The summed E-state index contributed by atoms with van der Waals surface area (Å²) in [4.78, 5) is 11.8. The van der Waals surface area contributed by atoms with Gasteiger partial charge in [-0.05, 0) is 29.2 Å². The molecule has 1 heterocycles. The Morgan fingerprint density at radius 2 is 2.05 bits per heavy atom. The van der Waals surface area contributed by atoms with Crippen LogP contribution in [0.25, 0.3) is 0 Å². The summed E-state index contributed by atoms with van der Waals surface area (Å²) < 4.78 is 6.61. The number of nitrogens with zero attached hydrogens (tertiary/aromatic N) is 1. The zero-order chi connectivity index (χ0) is 13.8. The number of rotatable bonds is 4. The van der Waals surface area contributed by atoms with Gasteiger partial charge in [0, 0.05) is 12.3 Å². The largest absolute Gasteiger partial charge is 0.497 e. The van der Waals surface area contributed by atoms with Crippen LogP contribution in [0, 0.1) is 0 Å². The van der Waals surface area contributed by atoms with Gasteiger partial charge in [-0.25, -0.2) is 0 Å². The van der Waals surface area contributed by atoms with Crippen LogP contribution in [-0.4, -0.2) is 28.8 Å². The molecule has 98 valence electrons. The number of hydrogen-bond acceptors (Lipinski definition) is 4. The lowest BCUT2D eigenvalue weighted by molar-refractivity contribution is 0.414. The summed E-state index contributed by atoms with van der Waals surface area (Å²) in [6.45, 7) is 0.401. The molecule has 0 bridgehead atoms. The first-order chi connectivity index (χ1) is 9.10. The fraction of sp³-hybridized carbons (Fsp3) is 0.154. The van der Waals surface area contributed by atoms with Crippen molar-refractivity contribution in [2.45, 2.75) is 6.54 Å². The van der Waals surface area contributed by atoms with Crippen molar-refractivity contribution in [1.82, 2.24) is 4.57 Å². The molecule has 1 aromatic carbocycles. The van der Waals surface area contributed by atoms with Crippen molar-refractivity contribution in [1.29, 1.82) is 0 Å². The van der Waals surface area contributed by atoms with Crippen LogP contribution in [0.2, 0.25) is 0 Å². The highest BCUT2D eigenvalue weighted by atomic mass is 16.5. The Kier molecular flexibility index (Phi) is 4.04. The smallest absolute Gasteiger partial charge is 0.488 e. The molecular weight excluding hydrogens is 245 g/mol. The van der Waals surface area contributed by atoms with Crippen molar-refractivity contribution < 1.29 is 14.8 Å². The van der Waals surface area contributed by atoms with E-state index in [-0.39, 0.29) is 11.0 Å². The molecule has 0 aliphatic rings. The Balaban J connectivity index is 2.26. The highest BCUT2D eigenvalue weighted by Gasteiger charge is 2.11. The predicted octanol–water partition coefficient (Wildman–Crippen LogP) is -0.415. The van der Waals surface area contributed by atoms with E-state index < -0.39 is 7.12 Å². The molecule has 19 heavy (non-hydrogen) atoms. The molecule has 0 atom stereocenters. The first-order valence-corrected chi connectivity index (χ1v) is 5.79. The molecule has 0 amide bonds. The Bertz CT molecular complexity index is 624. The lowest BCUT2D eigenvalue weighted by atomic mass is 9.81. The van der Waals surface area contributed by atoms with Crippen molar-refractivity contribution in [3.05, 3.63) is 58.5 Å². The summed E-state index contributed by atoms with van der Waals surface area (Å²) >= 11 is 0. The summed E-state index contributed by atoms with van der Waals surface area (Å²) in [5.41, 5.74) is 0.832. The van der Waals surface area contributed by atoms with E-state index >= 15 is 0 Å². The van der Waals surface area contributed by atoms with E-state index in [0.29, 0.717) is 6.54 Å². The van der Waals surface area contributed by atoms with Crippen molar-refractivity contribution in [2.75, 3.05) is 7.11 Å². The van der Waals surface area contributed by atoms with Crippen molar-refractivity contribution >= 4 is 12.6 Å². The van der Waals surface area contributed by atoms with Crippen molar-refractivity contribution in [2.24, 2.45) is 0 Å². The van der Waals surface area contributed by atoms with E-state index in [1.807, 2.05) is 24.3 Å². The number of hydrogen-bond donors (Lipinski definition) is 2. The number of methoxy groups -OCH3 is 1. The second kappa shape index (κ2) is 5.73. The maximum Gasteiger partial charge on any atom is 0.488 e. The van der Waals surface area contributed by atoms with Gasteiger partial charge in [0.1, 0.15) is 5.75 Å². The summed E-state index contributed by atoms with van der Waals surface area (Å²) in [5, 5.41) is 18.0. The van der Waals surface area contributed by atoms with Gasteiger partial charge in [-0.2, -0.15) is 0 Å². The third-order valence-corrected chi connectivity index (χ3v) is 2.81. The normalized spacial score (nSPS) is 10.3. The van der Waals surface area contributed by atoms with Gasteiger partial charge in [-0.1, -0.05) is 12.1 Å². The summed E-state index contributed by atoms with van der Waals surface area (Å²) in [6.07, 6.45) is 1.54. The first kappa shape index (κ1) is 13.4. The average Bonchev–Trinajstić information content (AvgIpc) is 2.41. The highest BCUT2D eigenvalue weighted by molar-refractivity contribution is 6.58. The molecule has 0 fully saturated rings. The maximum absolute atomic E-state index is 11.8. The van der Waals surface area contributed by atoms with Crippen LogP contribution in [0.4, 0.5) is 0 Å². The van der Waals surface area contributed by atoms with Gasteiger partial charge in [-0.15, -0.1) is 0 Å². The number of aromatic nitrogens is 1. The van der Waals surface area contributed by atoms with Crippen molar-refractivity contribution in [3.8, 4) is 5.75 Å². The molecule has 2 N–H and O–H groups in total. The highest BCUT2D eigenvalue weighted by Crippen LogP contribution is 2.12. The second-order valence-corrected chi connectivity index (χ2v) is 4.15. The lowest BCUT2D eigenvalue weighted by Crippen LogP contribution is -2.35. The minimum Gasteiger partial charge on any atom is -0.497 e. The van der Waals surface area contributed by atoms with E-state index in [2.05, 4.69) is 0 Å². The molecule has 0 spiro atoms. The minimum atomic E-state index is -1.63. The van der Waals surface area contributed by atoms with Gasteiger partial charge in [0.05, 0.1) is 13.7 Å². The van der Waals surface area contributed by atoms with Crippen LogP contribution in [-0.2, 0) is 6.54 Å². The van der Waals surface area contributed by atoms with Gasteiger partial charge < -0.3 is 19.4 Å². The molecule has 6 heteroatoms. The van der Waals surface area contributed by atoms with Crippen LogP contribution in [0.15, 0.2) is 47.4 Å². The Labute approximate surface area is 110 Å². The zero-order valence-electron chi connectivity index (χ0n) is 10.5. The molecule has 5 nitrogen and oxygen atoms in total. The van der Waals surface area contributed by atoms with Gasteiger partial charge in [0.15, 0.2) is 0 Å². The van der Waals surface area contributed by atoms with Gasteiger partial charge in [0.2, 0.25) is 5.56 Å². The summed E-state index contributed by atoms with van der Waals surface area (Å²) in [7, 11) is -0.0397. The maximum atomic E-state index is 11.8. The van der Waals surface area contributed by atoms with Crippen LogP contribution in [0.1, 0.15) is 5.56 Å². The SMILES string of the molecule is COc1cccc(Cn2ccc(B(O)O)cc2=O)c1. The minimum absolute atomic E-state index is 0.187. The lowest BCUT2D eigenvalue weighted by Gasteiger charge is -2.08. The van der Waals surface area contributed by atoms with Crippen LogP contribution >= 0.6 is 0 Å². The number of benzene rings is 1. The topological polar surface area (TPSA) is 71.7 Å². The molecule has 2 aromatic rings. The number of ether oxygens (including phenoxy) is 1. The Morgan fingerprint density at radius 1 is 1.26 bits per heavy atom. The molecular formula is C13H14BNO4. The Hall–Kier alpha value is -2.05. The summed E-state index contributed by atoms with van der Waals surface area (Å²) in [6, 6.07) is 10.1. The van der Waals surface area contributed by atoms with E-state index in [1.165, 1.54) is 22.9 Å².